The lowest BCUT2D eigenvalue weighted by atomic mass is 9.98. The molecule has 0 N–H and O–H groups in total. The van der Waals surface area contributed by atoms with Crippen LogP contribution in [0.15, 0.2) is 60.7 Å². The topological polar surface area (TPSA) is 30.9 Å². The average molecular weight is 446 g/mol. The predicted molar refractivity (Wildman–Crippen MR) is 123 cm³/mol. The summed E-state index contributed by atoms with van der Waals surface area (Å²) in [5.74, 6) is 3.19. The molecule has 3 aromatic rings. The van der Waals surface area contributed by atoms with E-state index in [9.17, 15) is 0 Å². The number of hydrogen-bond donors (Lipinski definition) is 0. The highest BCUT2D eigenvalue weighted by Crippen LogP contribution is 2.33. The second kappa shape index (κ2) is 10.1. The molecular formula is C24H25Cl2NO3. The minimum atomic E-state index is 0. The van der Waals surface area contributed by atoms with E-state index in [1.54, 1.807) is 14.2 Å². The number of benzene rings is 3. The monoisotopic (exact) mass is 445 g/mol. The third-order valence-electron chi connectivity index (χ3n) is 5.15. The zero-order valence-electron chi connectivity index (χ0n) is 17.1. The van der Waals surface area contributed by atoms with E-state index >= 15 is 0 Å². The summed E-state index contributed by atoms with van der Waals surface area (Å²) >= 11 is 5.94. The SMILES string of the molecule is COc1cc2c(cc1OC)CN(Cc1cccc(Oc3ccc(Cl)cc3)c1)CC2.Cl. The van der Waals surface area contributed by atoms with Gasteiger partial charge in [0.15, 0.2) is 11.5 Å². The van der Waals surface area contributed by atoms with Gasteiger partial charge in [0.25, 0.3) is 0 Å². The van der Waals surface area contributed by atoms with Gasteiger partial charge in [0.2, 0.25) is 0 Å². The normalized spacial score (nSPS) is 13.2. The zero-order chi connectivity index (χ0) is 20.2. The quantitative estimate of drug-likeness (QED) is 0.456. The molecule has 1 heterocycles. The Morgan fingerprint density at radius 3 is 2.27 bits per heavy atom. The van der Waals surface area contributed by atoms with Gasteiger partial charge in [-0.2, -0.15) is 0 Å². The first kappa shape index (κ1) is 22.3. The fourth-order valence-electron chi connectivity index (χ4n) is 3.68. The highest BCUT2D eigenvalue weighted by molar-refractivity contribution is 6.30. The lowest BCUT2D eigenvalue weighted by Gasteiger charge is -2.29. The van der Waals surface area contributed by atoms with E-state index in [0.29, 0.717) is 5.02 Å². The fourth-order valence-corrected chi connectivity index (χ4v) is 3.81. The maximum absolute atomic E-state index is 5.97. The van der Waals surface area contributed by atoms with Gasteiger partial charge in [-0.15, -0.1) is 12.4 Å². The summed E-state index contributed by atoms with van der Waals surface area (Å²) in [4.78, 5) is 2.44. The third kappa shape index (κ3) is 5.20. The van der Waals surface area contributed by atoms with Crippen LogP contribution in [0.3, 0.4) is 0 Å². The Morgan fingerprint density at radius 2 is 1.57 bits per heavy atom. The molecule has 4 nitrogen and oxygen atoms in total. The van der Waals surface area contributed by atoms with Crippen molar-refractivity contribution in [2.75, 3.05) is 20.8 Å². The lowest BCUT2D eigenvalue weighted by Crippen LogP contribution is -2.30. The van der Waals surface area contributed by atoms with Gasteiger partial charge >= 0.3 is 0 Å². The first-order valence-corrected chi connectivity index (χ1v) is 10.0. The number of nitrogens with zero attached hydrogens (tertiary/aromatic N) is 1. The van der Waals surface area contributed by atoms with Crippen LogP contribution in [0.1, 0.15) is 16.7 Å². The molecule has 0 radical (unpaired) electrons. The zero-order valence-corrected chi connectivity index (χ0v) is 18.6. The van der Waals surface area contributed by atoms with E-state index in [1.807, 2.05) is 36.4 Å². The molecule has 0 saturated heterocycles. The Bertz CT molecular complexity index is 992. The van der Waals surface area contributed by atoms with E-state index in [4.69, 9.17) is 25.8 Å². The number of hydrogen-bond acceptors (Lipinski definition) is 4. The Hall–Kier alpha value is -2.40. The maximum Gasteiger partial charge on any atom is 0.161 e. The molecule has 0 aliphatic carbocycles. The molecule has 30 heavy (non-hydrogen) atoms. The van der Waals surface area contributed by atoms with Crippen molar-refractivity contribution >= 4 is 24.0 Å². The third-order valence-corrected chi connectivity index (χ3v) is 5.40. The Labute approximate surface area is 188 Å². The largest absolute Gasteiger partial charge is 0.493 e. The molecule has 6 heteroatoms. The Morgan fingerprint density at radius 1 is 0.867 bits per heavy atom. The molecule has 0 spiro atoms. The van der Waals surface area contributed by atoms with Crippen LogP contribution < -0.4 is 14.2 Å². The van der Waals surface area contributed by atoms with Crippen LogP contribution in [0.5, 0.6) is 23.0 Å². The van der Waals surface area contributed by atoms with Gasteiger partial charge in [-0.25, -0.2) is 0 Å². The van der Waals surface area contributed by atoms with Gasteiger partial charge in [-0.05, 0) is 71.6 Å². The molecule has 158 valence electrons. The molecule has 0 atom stereocenters. The fraction of sp³-hybridized carbons (Fsp3) is 0.250. The molecule has 4 rings (SSSR count). The minimum absolute atomic E-state index is 0. The molecule has 0 saturated carbocycles. The maximum atomic E-state index is 5.97. The van der Waals surface area contributed by atoms with Crippen molar-refractivity contribution in [3.8, 4) is 23.0 Å². The van der Waals surface area contributed by atoms with Gasteiger partial charge in [0, 0.05) is 24.7 Å². The lowest BCUT2D eigenvalue weighted by molar-refractivity contribution is 0.244. The van der Waals surface area contributed by atoms with Crippen molar-refractivity contribution in [3.05, 3.63) is 82.4 Å². The standard InChI is InChI=1S/C24H24ClNO3.ClH/c1-27-23-13-18-10-11-26(16-19(18)14-24(23)28-2)15-17-4-3-5-22(12-17)29-21-8-6-20(25)7-9-21;/h3-9,12-14H,10-11,15-16H2,1-2H3;1H. The van der Waals surface area contributed by atoms with E-state index in [0.717, 1.165) is 49.1 Å². The smallest absolute Gasteiger partial charge is 0.161 e. The van der Waals surface area contributed by atoms with Gasteiger partial charge in [-0.1, -0.05) is 23.7 Å². The van der Waals surface area contributed by atoms with Gasteiger partial charge in [-0.3, -0.25) is 4.90 Å². The first-order valence-electron chi connectivity index (χ1n) is 9.63. The highest BCUT2D eigenvalue weighted by Gasteiger charge is 2.19. The Balaban J connectivity index is 0.00000256. The molecule has 3 aromatic carbocycles. The summed E-state index contributed by atoms with van der Waals surface area (Å²) in [6, 6.07) is 19.8. The number of methoxy groups -OCH3 is 2. The van der Waals surface area contributed by atoms with E-state index in [-0.39, 0.29) is 12.4 Å². The highest BCUT2D eigenvalue weighted by atomic mass is 35.5. The summed E-state index contributed by atoms with van der Waals surface area (Å²) in [7, 11) is 3.36. The molecule has 1 aliphatic rings. The summed E-state index contributed by atoms with van der Waals surface area (Å²) < 4.78 is 16.9. The van der Waals surface area contributed by atoms with Gasteiger partial charge in [0.1, 0.15) is 11.5 Å². The average Bonchev–Trinajstić information content (AvgIpc) is 2.74. The number of halogens is 2. The minimum Gasteiger partial charge on any atom is -0.493 e. The van der Waals surface area contributed by atoms with E-state index in [1.165, 1.54) is 16.7 Å². The van der Waals surface area contributed by atoms with Gasteiger partial charge in [0.05, 0.1) is 14.2 Å². The second-order valence-electron chi connectivity index (χ2n) is 7.14. The summed E-state index contributed by atoms with van der Waals surface area (Å²) in [5.41, 5.74) is 3.85. The van der Waals surface area contributed by atoms with Crippen molar-refractivity contribution in [1.82, 2.24) is 4.90 Å². The molecule has 0 fully saturated rings. The van der Waals surface area contributed by atoms with Crippen LogP contribution in [0.2, 0.25) is 5.02 Å². The number of rotatable bonds is 6. The summed E-state index contributed by atoms with van der Waals surface area (Å²) in [6.07, 6.45) is 0.997. The number of ether oxygens (including phenoxy) is 3. The predicted octanol–water partition coefficient (Wildman–Crippen LogP) is 6.13. The van der Waals surface area contributed by atoms with Crippen molar-refractivity contribution in [1.29, 1.82) is 0 Å². The van der Waals surface area contributed by atoms with Crippen molar-refractivity contribution < 1.29 is 14.2 Å². The second-order valence-corrected chi connectivity index (χ2v) is 7.58. The van der Waals surface area contributed by atoms with Crippen molar-refractivity contribution in [3.63, 3.8) is 0 Å². The van der Waals surface area contributed by atoms with Crippen LogP contribution in [-0.4, -0.2) is 25.7 Å². The van der Waals surface area contributed by atoms with E-state index < -0.39 is 0 Å². The first-order chi connectivity index (χ1) is 14.1. The van der Waals surface area contributed by atoms with Crippen LogP contribution >= 0.6 is 24.0 Å². The molecule has 1 aliphatic heterocycles. The summed E-state index contributed by atoms with van der Waals surface area (Å²) in [5, 5.41) is 0.700. The molecule has 0 unspecified atom stereocenters. The molecule has 0 amide bonds. The van der Waals surface area contributed by atoms with E-state index in [2.05, 4.69) is 29.2 Å². The van der Waals surface area contributed by atoms with Crippen molar-refractivity contribution in [2.24, 2.45) is 0 Å². The molecule has 0 aromatic heterocycles. The van der Waals surface area contributed by atoms with Crippen LogP contribution in [0.4, 0.5) is 0 Å². The van der Waals surface area contributed by atoms with Crippen LogP contribution in [0.25, 0.3) is 0 Å². The van der Waals surface area contributed by atoms with Gasteiger partial charge < -0.3 is 14.2 Å². The summed E-state index contributed by atoms with van der Waals surface area (Å²) in [6.45, 7) is 2.76. The van der Waals surface area contributed by atoms with Crippen LogP contribution in [-0.2, 0) is 19.5 Å². The van der Waals surface area contributed by atoms with Crippen LogP contribution in [0, 0.1) is 0 Å². The Kier molecular flexibility index (Phi) is 7.48. The molecular weight excluding hydrogens is 421 g/mol. The molecule has 0 bridgehead atoms. The number of fused-ring (bicyclic) bond motifs is 1. The van der Waals surface area contributed by atoms with Crippen molar-refractivity contribution in [2.45, 2.75) is 19.5 Å².